The summed E-state index contributed by atoms with van der Waals surface area (Å²) in [6.45, 7) is 4.54. The third-order valence-electron chi connectivity index (χ3n) is 3.10. The molecule has 0 saturated heterocycles. The van der Waals surface area contributed by atoms with Crippen molar-refractivity contribution in [2.75, 3.05) is 0 Å². The minimum atomic E-state index is 0.737. The summed E-state index contributed by atoms with van der Waals surface area (Å²) in [5.41, 5.74) is 2.22. The van der Waals surface area contributed by atoms with E-state index in [1.807, 2.05) is 42.5 Å². The van der Waals surface area contributed by atoms with Crippen molar-refractivity contribution in [2.24, 2.45) is 0 Å². The molecule has 1 nitrogen and oxygen atoms in total. The van der Waals surface area contributed by atoms with Gasteiger partial charge in [-0.15, -0.1) is 6.58 Å². The molecular weight excluding hydrogens is 265 g/mol. The lowest BCUT2D eigenvalue weighted by molar-refractivity contribution is 0.901. The molecular formula is C15H11Cl2N. The number of rotatable bonds is 2. The minimum absolute atomic E-state index is 0.737. The van der Waals surface area contributed by atoms with E-state index in [4.69, 9.17) is 23.2 Å². The van der Waals surface area contributed by atoms with Crippen molar-refractivity contribution in [1.29, 1.82) is 0 Å². The summed E-state index contributed by atoms with van der Waals surface area (Å²) in [6, 6.07) is 11.9. The Kier molecular flexibility index (Phi) is 2.81. The maximum atomic E-state index is 6.08. The number of benzene rings is 2. The van der Waals surface area contributed by atoms with E-state index in [0.717, 1.165) is 27.6 Å². The molecule has 0 aliphatic rings. The molecule has 0 aliphatic carbocycles. The Bertz CT molecular complexity index is 697. The van der Waals surface area contributed by atoms with Gasteiger partial charge in [-0.1, -0.05) is 41.4 Å². The van der Waals surface area contributed by atoms with Crippen LogP contribution in [-0.4, -0.2) is 4.57 Å². The number of allylic oxidation sites excluding steroid dienone is 1. The van der Waals surface area contributed by atoms with E-state index in [9.17, 15) is 0 Å². The van der Waals surface area contributed by atoms with Gasteiger partial charge in [-0.25, -0.2) is 0 Å². The number of fused-ring (bicyclic) bond motifs is 3. The summed E-state index contributed by atoms with van der Waals surface area (Å²) < 4.78 is 2.18. The fourth-order valence-electron chi connectivity index (χ4n) is 2.37. The van der Waals surface area contributed by atoms with E-state index in [1.165, 1.54) is 10.8 Å². The van der Waals surface area contributed by atoms with Gasteiger partial charge in [0, 0.05) is 27.4 Å². The quantitative estimate of drug-likeness (QED) is 0.560. The average molecular weight is 276 g/mol. The Labute approximate surface area is 115 Å². The van der Waals surface area contributed by atoms with Crippen molar-refractivity contribution >= 4 is 45.0 Å². The molecule has 3 rings (SSSR count). The highest BCUT2D eigenvalue weighted by Crippen LogP contribution is 2.32. The topological polar surface area (TPSA) is 4.93 Å². The minimum Gasteiger partial charge on any atom is -0.337 e. The van der Waals surface area contributed by atoms with E-state index in [0.29, 0.717) is 0 Å². The van der Waals surface area contributed by atoms with Crippen LogP contribution in [0.25, 0.3) is 21.8 Å². The summed E-state index contributed by atoms with van der Waals surface area (Å²) in [5.74, 6) is 0. The number of halogens is 2. The molecule has 0 bridgehead atoms. The van der Waals surface area contributed by atoms with Crippen LogP contribution in [0.15, 0.2) is 49.1 Å². The molecule has 0 amide bonds. The molecule has 1 aromatic heterocycles. The Hall–Kier alpha value is -1.44. The molecule has 2 aromatic carbocycles. The average Bonchev–Trinajstić information content (AvgIpc) is 2.63. The lowest BCUT2D eigenvalue weighted by Gasteiger charge is -2.03. The van der Waals surface area contributed by atoms with Gasteiger partial charge in [-0.05, 0) is 24.3 Å². The maximum absolute atomic E-state index is 6.08. The predicted octanol–water partition coefficient (Wildman–Crippen LogP) is 5.29. The predicted molar refractivity (Wildman–Crippen MR) is 79.7 cm³/mol. The highest BCUT2D eigenvalue weighted by Gasteiger charge is 2.10. The Morgan fingerprint density at radius 3 is 1.89 bits per heavy atom. The van der Waals surface area contributed by atoms with Gasteiger partial charge < -0.3 is 4.57 Å². The van der Waals surface area contributed by atoms with Crippen LogP contribution in [0, 0.1) is 0 Å². The van der Waals surface area contributed by atoms with Crippen LogP contribution in [0.2, 0.25) is 10.0 Å². The van der Waals surface area contributed by atoms with Crippen LogP contribution < -0.4 is 0 Å². The van der Waals surface area contributed by atoms with E-state index >= 15 is 0 Å². The van der Waals surface area contributed by atoms with Crippen LogP contribution in [0.3, 0.4) is 0 Å². The van der Waals surface area contributed by atoms with Gasteiger partial charge in [-0.3, -0.25) is 0 Å². The van der Waals surface area contributed by atoms with Crippen LogP contribution in [-0.2, 0) is 6.54 Å². The van der Waals surface area contributed by atoms with Crippen LogP contribution >= 0.6 is 23.2 Å². The monoisotopic (exact) mass is 275 g/mol. The van der Waals surface area contributed by atoms with E-state index in [1.54, 1.807) is 0 Å². The first kappa shape index (κ1) is 11.6. The first-order valence-corrected chi connectivity index (χ1v) is 6.44. The van der Waals surface area contributed by atoms with Gasteiger partial charge >= 0.3 is 0 Å². The van der Waals surface area contributed by atoms with E-state index < -0.39 is 0 Å². The standard InChI is InChI=1S/C15H11Cl2N/c1-2-7-18-14-8-10(16)3-5-12(14)13-6-4-11(17)9-15(13)18/h2-6,8-9H,1,7H2. The maximum Gasteiger partial charge on any atom is 0.0509 e. The van der Waals surface area contributed by atoms with Crippen molar-refractivity contribution in [1.82, 2.24) is 4.57 Å². The molecule has 0 atom stereocenters. The first-order valence-electron chi connectivity index (χ1n) is 5.68. The van der Waals surface area contributed by atoms with Crippen LogP contribution in [0.5, 0.6) is 0 Å². The second-order valence-electron chi connectivity index (χ2n) is 4.22. The van der Waals surface area contributed by atoms with E-state index in [2.05, 4.69) is 11.1 Å². The molecule has 0 spiro atoms. The molecule has 18 heavy (non-hydrogen) atoms. The molecule has 1 heterocycles. The van der Waals surface area contributed by atoms with Crippen molar-refractivity contribution in [3.8, 4) is 0 Å². The molecule has 0 saturated carbocycles. The zero-order valence-corrected chi connectivity index (χ0v) is 11.2. The fourth-order valence-corrected chi connectivity index (χ4v) is 2.70. The lowest BCUT2D eigenvalue weighted by Crippen LogP contribution is -1.93. The van der Waals surface area contributed by atoms with Crippen LogP contribution in [0.4, 0.5) is 0 Å². The molecule has 0 aliphatic heterocycles. The Morgan fingerprint density at radius 1 is 0.944 bits per heavy atom. The summed E-state index contributed by atoms with van der Waals surface area (Å²) in [5, 5.41) is 3.85. The van der Waals surface area contributed by atoms with Crippen molar-refractivity contribution in [3.63, 3.8) is 0 Å². The molecule has 0 N–H and O–H groups in total. The molecule has 0 unspecified atom stereocenters. The summed E-state index contributed by atoms with van der Waals surface area (Å²) in [6.07, 6.45) is 1.88. The SMILES string of the molecule is C=CCn1c2cc(Cl)ccc2c2ccc(Cl)cc21. The molecule has 0 fully saturated rings. The van der Waals surface area contributed by atoms with Gasteiger partial charge in [0.25, 0.3) is 0 Å². The van der Waals surface area contributed by atoms with Crippen LogP contribution in [0.1, 0.15) is 0 Å². The number of aromatic nitrogens is 1. The largest absolute Gasteiger partial charge is 0.337 e. The second-order valence-corrected chi connectivity index (χ2v) is 5.10. The lowest BCUT2D eigenvalue weighted by atomic mass is 10.1. The Morgan fingerprint density at radius 2 is 1.44 bits per heavy atom. The normalized spacial score (nSPS) is 11.2. The van der Waals surface area contributed by atoms with Gasteiger partial charge in [0.1, 0.15) is 0 Å². The molecule has 3 aromatic rings. The third-order valence-corrected chi connectivity index (χ3v) is 3.57. The molecule has 90 valence electrons. The van der Waals surface area contributed by atoms with Crippen molar-refractivity contribution in [2.45, 2.75) is 6.54 Å². The summed E-state index contributed by atoms with van der Waals surface area (Å²) >= 11 is 12.2. The number of hydrogen-bond donors (Lipinski definition) is 0. The summed E-state index contributed by atoms with van der Waals surface area (Å²) in [7, 11) is 0. The number of hydrogen-bond acceptors (Lipinski definition) is 0. The van der Waals surface area contributed by atoms with Gasteiger partial charge in [0.2, 0.25) is 0 Å². The van der Waals surface area contributed by atoms with Crippen molar-refractivity contribution < 1.29 is 0 Å². The second kappa shape index (κ2) is 4.34. The zero-order valence-electron chi connectivity index (χ0n) is 9.66. The summed E-state index contributed by atoms with van der Waals surface area (Å²) in [4.78, 5) is 0. The zero-order chi connectivity index (χ0) is 12.7. The van der Waals surface area contributed by atoms with E-state index in [-0.39, 0.29) is 0 Å². The highest BCUT2D eigenvalue weighted by molar-refractivity contribution is 6.32. The smallest absolute Gasteiger partial charge is 0.0509 e. The highest BCUT2D eigenvalue weighted by atomic mass is 35.5. The van der Waals surface area contributed by atoms with Gasteiger partial charge in [0.05, 0.1) is 11.0 Å². The Balaban J connectivity index is 2.51. The first-order chi connectivity index (χ1) is 8.70. The van der Waals surface area contributed by atoms with Gasteiger partial charge in [0.15, 0.2) is 0 Å². The molecule has 0 radical (unpaired) electrons. The van der Waals surface area contributed by atoms with Gasteiger partial charge in [-0.2, -0.15) is 0 Å². The van der Waals surface area contributed by atoms with Crippen molar-refractivity contribution in [3.05, 3.63) is 59.1 Å². The molecule has 3 heteroatoms. The fraction of sp³-hybridized carbons (Fsp3) is 0.0667. The number of nitrogens with zero attached hydrogens (tertiary/aromatic N) is 1. The third kappa shape index (κ3) is 1.71.